The van der Waals surface area contributed by atoms with E-state index in [4.69, 9.17) is 0 Å². The van der Waals surface area contributed by atoms with Crippen molar-refractivity contribution in [2.45, 2.75) is 91.7 Å². The molecule has 0 amide bonds. The summed E-state index contributed by atoms with van der Waals surface area (Å²) in [5.41, 5.74) is 17.3. The Balaban J connectivity index is 1.09. The van der Waals surface area contributed by atoms with Crippen LogP contribution in [-0.2, 0) is 10.8 Å². The Morgan fingerprint density at radius 3 is 1.04 bits per heavy atom. The molecule has 0 unspecified atom stereocenters. The van der Waals surface area contributed by atoms with Crippen molar-refractivity contribution in [3.05, 3.63) is 217 Å². The number of nitrogens with zero attached hydrogens (tertiary/aromatic N) is 4. The van der Waals surface area contributed by atoms with E-state index in [1.807, 2.05) is 0 Å². The summed E-state index contributed by atoms with van der Waals surface area (Å²) in [6.45, 7) is 29.3. The smallest absolute Gasteiger partial charge is 0.0811 e. The van der Waals surface area contributed by atoms with E-state index in [1.54, 1.807) is 0 Å². The van der Waals surface area contributed by atoms with Crippen LogP contribution in [0.4, 0.5) is 34.1 Å². The van der Waals surface area contributed by atoms with Crippen LogP contribution in [0.15, 0.2) is 206 Å². The normalized spacial score (nSPS) is 13.1. The van der Waals surface area contributed by atoms with Gasteiger partial charge in [0.15, 0.2) is 0 Å². The fourth-order valence-corrected chi connectivity index (χ4v) is 18.7. The van der Waals surface area contributed by atoms with Crippen molar-refractivity contribution < 1.29 is 0 Å². The van der Waals surface area contributed by atoms with E-state index in [2.05, 4.69) is 306 Å². The number of fused-ring (bicyclic) bond motifs is 14. The number of hydrogen-bond donors (Lipinski definition) is 0. The average Bonchev–Trinajstić information content (AvgIpc) is 2.04. The summed E-state index contributed by atoms with van der Waals surface area (Å²) in [6.07, 6.45) is 0. The van der Waals surface area contributed by atoms with E-state index in [9.17, 15) is 0 Å². The van der Waals surface area contributed by atoms with Crippen LogP contribution in [0.2, 0.25) is 39.3 Å². The predicted molar refractivity (Wildman–Crippen MR) is 363 cm³/mol. The van der Waals surface area contributed by atoms with Crippen molar-refractivity contribution in [3.63, 3.8) is 0 Å². The molecule has 0 radical (unpaired) electrons. The van der Waals surface area contributed by atoms with Crippen LogP contribution in [0.3, 0.4) is 0 Å². The van der Waals surface area contributed by atoms with Gasteiger partial charge >= 0.3 is 0 Å². The van der Waals surface area contributed by atoms with Crippen molar-refractivity contribution in [2.24, 2.45) is 0 Å². The van der Waals surface area contributed by atoms with Gasteiger partial charge in [0.2, 0.25) is 0 Å². The molecule has 0 saturated heterocycles. The van der Waals surface area contributed by atoms with Gasteiger partial charge < -0.3 is 18.6 Å². The molecule has 0 bridgehead atoms. The van der Waals surface area contributed by atoms with E-state index in [0.29, 0.717) is 0 Å². The molecule has 0 fully saturated rings. The maximum Gasteiger partial charge on any atom is 0.0811 e. The van der Waals surface area contributed by atoms with Crippen LogP contribution in [-0.4, -0.2) is 24.9 Å². The number of para-hydroxylation sites is 4. The highest BCUT2D eigenvalue weighted by Gasteiger charge is 2.35. The molecule has 0 spiro atoms. The van der Waals surface area contributed by atoms with Gasteiger partial charge in [-0.3, -0.25) is 0 Å². The fourth-order valence-electron chi connectivity index (χ4n) is 14.7. The summed E-state index contributed by atoms with van der Waals surface area (Å²) in [6, 6.07) is 78.9. The number of hydrogen-bond acceptors (Lipinski definition) is 2. The second kappa shape index (κ2) is 17.5. The van der Waals surface area contributed by atoms with Gasteiger partial charge in [-0.2, -0.15) is 0 Å². The monoisotopic (exact) mass is 1090 g/mol. The SMILES string of the molecule is CC(C)(C)c1cccc2c3c(N(c4ccccc4)c4ccc5ccccc5c4[Si](C)(C)C)ccc4c5cc6c(cc5n(c12)c43)c1ccc(N(c2ccccc2)c2ccc3ccccc3c2[Si](C)(C)C)c2c3cccc(C(C)(C)C)c3n6c12. The van der Waals surface area contributed by atoms with Crippen LogP contribution in [0.1, 0.15) is 52.7 Å². The van der Waals surface area contributed by atoms with E-state index in [1.165, 1.54) is 142 Å². The third-order valence-corrected chi connectivity index (χ3v) is 22.0. The largest absolute Gasteiger partial charge is 0.310 e. The number of anilines is 6. The van der Waals surface area contributed by atoms with Crippen LogP contribution >= 0.6 is 0 Å². The molecule has 4 nitrogen and oxygen atoms in total. The second-order valence-electron chi connectivity index (χ2n) is 27.4. The molecule has 402 valence electrons. The second-order valence-corrected chi connectivity index (χ2v) is 37.4. The van der Waals surface area contributed by atoms with Crippen LogP contribution in [0.25, 0.3) is 97.7 Å². The molecule has 15 rings (SSSR count). The Labute approximate surface area is 483 Å². The van der Waals surface area contributed by atoms with E-state index < -0.39 is 16.1 Å². The molecule has 15 aromatic rings. The van der Waals surface area contributed by atoms with Crippen LogP contribution < -0.4 is 20.2 Å². The highest BCUT2D eigenvalue weighted by molar-refractivity contribution is 6.92. The summed E-state index contributed by atoms with van der Waals surface area (Å²) >= 11 is 0. The summed E-state index contributed by atoms with van der Waals surface area (Å²) < 4.78 is 5.35. The Bertz CT molecular complexity index is 4760. The molecule has 0 saturated carbocycles. The highest BCUT2D eigenvalue weighted by atomic mass is 28.3. The third-order valence-electron chi connectivity index (χ3n) is 17.9. The quantitative estimate of drug-likeness (QED) is 0.141. The summed E-state index contributed by atoms with van der Waals surface area (Å²) in [4.78, 5) is 5.20. The Kier molecular flexibility index (Phi) is 10.8. The minimum atomic E-state index is -1.98. The lowest BCUT2D eigenvalue weighted by Gasteiger charge is -2.33. The predicted octanol–water partition coefficient (Wildman–Crippen LogP) is 20.9. The Morgan fingerprint density at radius 2 is 0.659 bits per heavy atom. The minimum absolute atomic E-state index is 0.136. The molecule has 0 atom stereocenters. The topological polar surface area (TPSA) is 15.3 Å². The maximum atomic E-state index is 2.68. The average molecular weight is 1100 g/mol. The molecule has 4 aromatic heterocycles. The minimum Gasteiger partial charge on any atom is -0.310 e. The van der Waals surface area contributed by atoms with Gasteiger partial charge in [-0.15, -0.1) is 0 Å². The third kappa shape index (κ3) is 7.26. The molecule has 0 aliphatic carbocycles. The van der Waals surface area contributed by atoms with Gasteiger partial charge in [0.1, 0.15) is 0 Å². The molecular weight excluding hydrogens is 1030 g/mol. The zero-order chi connectivity index (χ0) is 56.5. The molecule has 82 heavy (non-hydrogen) atoms. The van der Waals surface area contributed by atoms with Gasteiger partial charge in [0, 0.05) is 65.8 Å². The Morgan fingerprint density at radius 1 is 0.305 bits per heavy atom. The molecule has 11 aromatic carbocycles. The molecule has 0 N–H and O–H groups in total. The molecule has 0 aliphatic rings. The van der Waals surface area contributed by atoms with Crippen molar-refractivity contribution in [1.82, 2.24) is 8.80 Å². The van der Waals surface area contributed by atoms with E-state index in [-0.39, 0.29) is 10.8 Å². The van der Waals surface area contributed by atoms with Gasteiger partial charge in [-0.25, -0.2) is 0 Å². The van der Waals surface area contributed by atoms with Crippen LogP contribution in [0, 0.1) is 0 Å². The maximum absolute atomic E-state index is 2.68. The first kappa shape index (κ1) is 50.5. The molecule has 4 heterocycles. The van der Waals surface area contributed by atoms with Crippen molar-refractivity contribution in [1.29, 1.82) is 0 Å². The highest BCUT2D eigenvalue weighted by Crippen LogP contribution is 2.53. The van der Waals surface area contributed by atoms with Crippen molar-refractivity contribution in [3.8, 4) is 0 Å². The summed E-state index contributed by atoms with van der Waals surface area (Å²) in [5.74, 6) is 0. The fraction of sp³-hybridized carbons (Fsp3) is 0.184. The lowest BCUT2D eigenvalue weighted by molar-refractivity contribution is 0.594. The first-order valence-electron chi connectivity index (χ1n) is 29.4. The van der Waals surface area contributed by atoms with Gasteiger partial charge in [0.05, 0.1) is 60.6 Å². The lowest BCUT2D eigenvalue weighted by Crippen LogP contribution is -2.41. The van der Waals surface area contributed by atoms with Crippen molar-refractivity contribution >= 4 is 158 Å². The number of rotatable bonds is 8. The first-order chi connectivity index (χ1) is 39.3. The van der Waals surface area contributed by atoms with Gasteiger partial charge in [-0.1, -0.05) is 226 Å². The number of aromatic nitrogens is 2. The number of benzene rings is 11. The molecule has 0 aliphatic heterocycles. The summed E-state index contributed by atoms with van der Waals surface area (Å²) in [7, 11) is -3.95. The summed E-state index contributed by atoms with van der Waals surface area (Å²) in [5, 5.41) is 18.5. The zero-order valence-electron chi connectivity index (χ0n) is 49.4. The van der Waals surface area contributed by atoms with Crippen molar-refractivity contribution in [2.75, 3.05) is 9.80 Å². The van der Waals surface area contributed by atoms with Gasteiger partial charge in [-0.05, 0) is 115 Å². The zero-order valence-corrected chi connectivity index (χ0v) is 51.4. The van der Waals surface area contributed by atoms with E-state index in [0.717, 1.165) is 11.4 Å². The van der Waals surface area contributed by atoms with Gasteiger partial charge in [0.25, 0.3) is 0 Å². The first-order valence-corrected chi connectivity index (χ1v) is 36.4. The molecular formula is C76H70N4Si2. The van der Waals surface area contributed by atoms with E-state index >= 15 is 0 Å². The molecule has 6 heteroatoms. The standard InChI is InChI=1S/C76H70N4Si2/c1-75(2,3)59-35-23-33-55-67-61(77(49-27-15-13-16-28-49)63-41-37-47-25-19-21-31-51(47)73(63)81(7,8)9)43-39-53-57-46-66-58(45-65(57)79(69(55)59)71(53)67)54-40-44-62(68-56-34-24-36-60(76(4,5)6)70(56)80(66)72(54)68)78(50-29-17-14-18-30-50)64-42-38-48-26-20-22-32-52(48)74(64)82(10,11)12/h13-46H,1-12H3. The van der Waals surface area contributed by atoms with Crippen LogP contribution in [0.5, 0.6) is 0 Å². The Hall–Kier alpha value is -8.43. The lowest BCUT2D eigenvalue weighted by atomic mass is 9.85.